The molecule has 0 aromatic carbocycles. The molecular formula is C10H18N2O2S2. The summed E-state index contributed by atoms with van der Waals surface area (Å²) in [6.07, 6.45) is 0.665. The second-order valence-corrected chi connectivity index (χ2v) is 6.73. The van der Waals surface area contributed by atoms with E-state index in [4.69, 9.17) is 0 Å². The average Bonchev–Trinajstić information content (AvgIpc) is 2.61. The van der Waals surface area contributed by atoms with E-state index >= 15 is 0 Å². The zero-order valence-electron chi connectivity index (χ0n) is 9.69. The zero-order chi connectivity index (χ0) is 12.0. The summed E-state index contributed by atoms with van der Waals surface area (Å²) in [5.74, 6) is 0.326. The second kappa shape index (κ2) is 6.32. The molecule has 0 spiro atoms. The van der Waals surface area contributed by atoms with Crippen LogP contribution in [0.2, 0.25) is 0 Å². The lowest BCUT2D eigenvalue weighted by molar-refractivity contribution is 0.593. The maximum Gasteiger partial charge on any atom is 0.156 e. The van der Waals surface area contributed by atoms with Crippen molar-refractivity contribution < 1.29 is 8.42 Å². The third kappa shape index (κ3) is 4.59. The molecule has 0 bridgehead atoms. The van der Waals surface area contributed by atoms with Gasteiger partial charge in [0.05, 0.1) is 11.4 Å². The van der Waals surface area contributed by atoms with Gasteiger partial charge in [-0.1, -0.05) is 13.8 Å². The Labute approximate surface area is 101 Å². The van der Waals surface area contributed by atoms with Crippen LogP contribution in [0.15, 0.2) is 5.38 Å². The molecule has 0 aliphatic rings. The van der Waals surface area contributed by atoms with Crippen molar-refractivity contribution in [2.45, 2.75) is 32.6 Å². The highest BCUT2D eigenvalue weighted by atomic mass is 32.2. The van der Waals surface area contributed by atoms with Gasteiger partial charge in [0.15, 0.2) is 9.84 Å². The molecule has 0 saturated carbocycles. The molecule has 92 valence electrons. The summed E-state index contributed by atoms with van der Waals surface area (Å²) < 4.78 is 23.1. The number of hydrogen-bond donors (Lipinski definition) is 1. The number of nitrogens with one attached hydrogen (secondary N) is 1. The van der Waals surface area contributed by atoms with E-state index in [1.54, 1.807) is 0 Å². The van der Waals surface area contributed by atoms with Gasteiger partial charge < -0.3 is 5.32 Å². The lowest BCUT2D eigenvalue weighted by Gasteiger charge is -1.99. The number of sulfone groups is 1. The molecule has 0 fully saturated rings. The van der Waals surface area contributed by atoms with E-state index in [1.165, 1.54) is 11.3 Å². The van der Waals surface area contributed by atoms with E-state index in [9.17, 15) is 8.42 Å². The van der Waals surface area contributed by atoms with Crippen LogP contribution >= 0.6 is 11.3 Å². The van der Waals surface area contributed by atoms with E-state index in [-0.39, 0.29) is 11.5 Å². The number of rotatable bonds is 7. The normalized spacial score (nSPS) is 11.9. The van der Waals surface area contributed by atoms with Crippen molar-refractivity contribution >= 4 is 21.2 Å². The van der Waals surface area contributed by atoms with Gasteiger partial charge in [0.1, 0.15) is 10.8 Å². The second-order valence-electron chi connectivity index (χ2n) is 3.60. The van der Waals surface area contributed by atoms with Gasteiger partial charge >= 0.3 is 0 Å². The van der Waals surface area contributed by atoms with Crippen molar-refractivity contribution in [3.05, 3.63) is 16.1 Å². The van der Waals surface area contributed by atoms with Gasteiger partial charge in [0.25, 0.3) is 0 Å². The molecule has 1 aromatic rings. The highest BCUT2D eigenvalue weighted by molar-refractivity contribution is 7.90. The number of nitrogens with zero attached hydrogens (tertiary/aromatic N) is 1. The molecule has 1 aromatic heterocycles. The summed E-state index contributed by atoms with van der Waals surface area (Å²) in [5, 5.41) is 5.77. The van der Waals surface area contributed by atoms with Gasteiger partial charge in [-0.2, -0.15) is 0 Å². The lowest BCUT2D eigenvalue weighted by Crippen LogP contribution is -2.12. The molecule has 0 radical (unpaired) electrons. The smallest absolute Gasteiger partial charge is 0.156 e. The first-order valence-corrected chi connectivity index (χ1v) is 8.12. The van der Waals surface area contributed by atoms with Gasteiger partial charge in [-0.15, -0.1) is 11.3 Å². The molecule has 4 nitrogen and oxygen atoms in total. The maximum absolute atomic E-state index is 11.6. The molecule has 0 amide bonds. The first-order valence-electron chi connectivity index (χ1n) is 5.41. The van der Waals surface area contributed by atoms with Crippen molar-refractivity contribution in [2.24, 2.45) is 0 Å². The molecule has 6 heteroatoms. The van der Waals surface area contributed by atoms with Crippen LogP contribution < -0.4 is 5.32 Å². The van der Waals surface area contributed by atoms with Gasteiger partial charge in [-0.05, 0) is 13.0 Å². The molecule has 0 saturated heterocycles. The van der Waals surface area contributed by atoms with Gasteiger partial charge in [0, 0.05) is 11.9 Å². The van der Waals surface area contributed by atoms with E-state index in [0.29, 0.717) is 18.0 Å². The van der Waals surface area contributed by atoms with Crippen LogP contribution in [0.25, 0.3) is 0 Å². The van der Waals surface area contributed by atoms with Gasteiger partial charge in [-0.3, -0.25) is 0 Å². The highest BCUT2D eigenvalue weighted by Crippen LogP contribution is 2.13. The number of thiazole rings is 1. The highest BCUT2D eigenvalue weighted by Gasteiger charge is 2.13. The first-order chi connectivity index (χ1) is 7.57. The summed E-state index contributed by atoms with van der Waals surface area (Å²) in [5.41, 5.74) is 0.925. The van der Waals surface area contributed by atoms with Crippen LogP contribution in [0.4, 0.5) is 0 Å². The summed E-state index contributed by atoms with van der Waals surface area (Å²) in [6.45, 7) is 5.50. The fourth-order valence-electron chi connectivity index (χ4n) is 1.32. The molecular weight excluding hydrogens is 244 g/mol. The third-order valence-corrected chi connectivity index (χ3v) is 4.84. The first kappa shape index (κ1) is 13.6. The predicted molar refractivity (Wildman–Crippen MR) is 67.3 cm³/mol. The van der Waals surface area contributed by atoms with Crippen LogP contribution in [0.3, 0.4) is 0 Å². The van der Waals surface area contributed by atoms with Crippen molar-refractivity contribution in [1.29, 1.82) is 0 Å². The Morgan fingerprint density at radius 3 is 2.81 bits per heavy atom. The van der Waals surface area contributed by atoms with E-state index in [1.807, 2.05) is 19.2 Å². The Morgan fingerprint density at radius 1 is 1.44 bits per heavy atom. The van der Waals surface area contributed by atoms with Crippen LogP contribution in [-0.2, 0) is 22.1 Å². The minimum atomic E-state index is -2.96. The molecule has 16 heavy (non-hydrogen) atoms. The summed E-state index contributed by atoms with van der Waals surface area (Å²) in [4.78, 5) is 4.29. The van der Waals surface area contributed by atoms with Gasteiger partial charge in [0.2, 0.25) is 0 Å². The fraction of sp³-hybridized carbons (Fsp3) is 0.700. The Morgan fingerprint density at radius 2 is 2.19 bits per heavy atom. The number of aromatic nitrogens is 1. The van der Waals surface area contributed by atoms with Crippen molar-refractivity contribution in [3.8, 4) is 0 Å². The number of hydrogen-bond acceptors (Lipinski definition) is 5. The standard InChI is InChI=1S/C10H18N2O2S2/c1-3-5-16(13,14)8-10-12-9(7-15-10)6-11-4-2/h7,11H,3-6,8H2,1-2H3. The topological polar surface area (TPSA) is 59.1 Å². The summed E-state index contributed by atoms with van der Waals surface area (Å²) in [6, 6.07) is 0. The minimum absolute atomic E-state index is 0.0810. The summed E-state index contributed by atoms with van der Waals surface area (Å²) >= 11 is 1.42. The van der Waals surface area contributed by atoms with Crippen molar-refractivity contribution in [3.63, 3.8) is 0 Å². The van der Waals surface area contributed by atoms with E-state index < -0.39 is 9.84 Å². The molecule has 0 atom stereocenters. The maximum atomic E-state index is 11.6. The van der Waals surface area contributed by atoms with Crippen molar-refractivity contribution in [2.75, 3.05) is 12.3 Å². The van der Waals surface area contributed by atoms with Gasteiger partial charge in [-0.25, -0.2) is 13.4 Å². The zero-order valence-corrected chi connectivity index (χ0v) is 11.3. The largest absolute Gasteiger partial charge is 0.311 e. The Hall–Kier alpha value is -0.460. The third-order valence-electron chi connectivity index (χ3n) is 2.01. The van der Waals surface area contributed by atoms with Crippen LogP contribution in [0.5, 0.6) is 0 Å². The van der Waals surface area contributed by atoms with E-state index in [2.05, 4.69) is 10.3 Å². The Bertz CT molecular complexity index is 412. The lowest BCUT2D eigenvalue weighted by atomic mass is 10.5. The predicted octanol–water partition coefficient (Wildman–Crippen LogP) is 1.58. The SMILES string of the molecule is CCCS(=O)(=O)Cc1nc(CNCC)cs1. The molecule has 1 rings (SSSR count). The minimum Gasteiger partial charge on any atom is -0.311 e. The van der Waals surface area contributed by atoms with Crippen molar-refractivity contribution in [1.82, 2.24) is 10.3 Å². The Balaban J connectivity index is 2.58. The Kier molecular flexibility index (Phi) is 5.37. The molecule has 1 N–H and O–H groups in total. The quantitative estimate of drug-likeness (QED) is 0.810. The van der Waals surface area contributed by atoms with Crippen LogP contribution in [0.1, 0.15) is 31.0 Å². The fourth-order valence-corrected chi connectivity index (χ4v) is 3.92. The summed E-state index contributed by atoms with van der Waals surface area (Å²) in [7, 11) is -2.96. The molecule has 0 aliphatic heterocycles. The monoisotopic (exact) mass is 262 g/mol. The molecule has 0 aliphatic carbocycles. The van der Waals surface area contributed by atoms with E-state index in [0.717, 1.165) is 12.2 Å². The molecule has 0 unspecified atom stereocenters. The average molecular weight is 262 g/mol. The van der Waals surface area contributed by atoms with Crippen LogP contribution in [-0.4, -0.2) is 25.7 Å². The van der Waals surface area contributed by atoms with Crippen LogP contribution in [0, 0.1) is 0 Å². The molecule has 1 heterocycles.